The number of ether oxygens (including phenoxy) is 1. The van der Waals surface area contributed by atoms with Crippen molar-refractivity contribution >= 4 is 24.3 Å². The number of aldehydes is 1. The van der Waals surface area contributed by atoms with E-state index >= 15 is 0 Å². The molecule has 1 aromatic rings. The molecule has 8 nitrogen and oxygen atoms in total. The average molecular weight is 346 g/mol. The highest BCUT2D eigenvalue weighted by atomic mass is 16.5. The van der Waals surface area contributed by atoms with Crippen LogP contribution in [0.2, 0.25) is 0 Å². The zero-order chi connectivity index (χ0) is 18.4. The van der Waals surface area contributed by atoms with Crippen molar-refractivity contribution in [1.29, 1.82) is 0 Å². The van der Waals surface area contributed by atoms with Crippen LogP contribution < -0.4 is 22.0 Å². The van der Waals surface area contributed by atoms with Gasteiger partial charge in [0.05, 0.1) is 12.3 Å². The number of hydrazone groups is 1. The van der Waals surface area contributed by atoms with Gasteiger partial charge in [-0.15, -0.1) is 0 Å². The second-order valence-corrected chi connectivity index (χ2v) is 6.22. The summed E-state index contributed by atoms with van der Waals surface area (Å²) in [5.41, 5.74) is 11.8. The molecule has 25 heavy (non-hydrogen) atoms. The molecule has 1 aliphatic carbocycles. The number of rotatable bonds is 9. The summed E-state index contributed by atoms with van der Waals surface area (Å²) in [6.45, 7) is 0. The van der Waals surface area contributed by atoms with E-state index in [4.69, 9.17) is 22.0 Å². The standard InChI is InChI=1S/C17H22N4O4/c18-14(6-8-22)16(24)13-9-17(13,19)7-5-15(23)25-12-3-1-11(2-4-12)10-21-20/h1-4,8,10,13-14H,5-7,9,18-20H2. The third-order valence-corrected chi connectivity index (χ3v) is 4.31. The van der Waals surface area contributed by atoms with E-state index in [9.17, 15) is 14.4 Å². The Morgan fingerprint density at radius 3 is 2.64 bits per heavy atom. The largest absolute Gasteiger partial charge is 0.427 e. The number of hydrogen-bond acceptors (Lipinski definition) is 8. The maximum atomic E-state index is 12.0. The van der Waals surface area contributed by atoms with Gasteiger partial charge in [0.2, 0.25) is 0 Å². The summed E-state index contributed by atoms with van der Waals surface area (Å²) >= 11 is 0. The Labute approximate surface area is 145 Å². The molecule has 0 aromatic heterocycles. The lowest BCUT2D eigenvalue weighted by atomic mass is 10.0. The Hall–Kier alpha value is -2.58. The van der Waals surface area contributed by atoms with Crippen LogP contribution in [0, 0.1) is 5.92 Å². The van der Waals surface area contributed by atoms with E-state index < -0.39 is 23.5 Å². The number of ketones is 1. The van der Waals surface area contributed by atoms with Crippen LogP contribution in [-0.4, -0.2) is 35.8 Å². The number of carbonyl (C=O) groups is 3. The van der Waals surface area contributed by atoms with Crippen molar-refractivity contribution in [1.82, 2.24) is 0 Å². The molecule has 0 bridgehead atoms. The van der Waals surface area contributed by atoms with Crippen molar-refractivity contribution < 1.29 is 19.1 Å². The molecule has 1 aliphatic rings. The Bertz CT molecular complexity index is 674. The molecule has 8 heteroatoms. The highest BCUT2D eigenvalue weighted by molar-refractivity contribution is 5.91. The third-order valence-electron chi connectivity index (χ3n) is 4.31. The number of benzene rings is 1. The molecule has 3 unspecified atom stereocenters. The highest BCUT2D eigenvalue weighted by Crippen LogP contribution is 2.45. The molecule has 0 spiro atoms. The van der Waals surface area contributed by atoms with Crippen LogP contribution in [0.25, 0.3) is 0 Å². The molecule has 0 saturated heterocycles. The summed E-state index contributed by atoms with van der Waals surface area (Å²) < 4.78 is 5.23. The number of esters is 1. The SMILES string of the molecule is NN=Cc1ccc(OC(=O)CCC2(N)CC2C(=O)C(N)CC=O)cc1. The molecular formula is C17H22N4O4. The first kappa shape index (κ1) is 18.8. The molecule has 2 rings (SSSR count). The molecule has 1 fully saturated rings. The normalized spacial score (nSPS) is 23.2. The molecule has 6 N–H and O–H groups in total. The van der Waals surface area contributed by atoms with Gasteiger partial charge in [-0.2, -0.15) is 5.10 Å². The molecule has 0 aliphatic heterocycles. The minimum Gasteiger partial charge on any atom is -0.427 e. The van der Waals surface area contributed by atoms with Gasteiger partial charge in [-0.05, 0) is 42.7 Å². The van der Waals surface area contributed by atoms with Crippen molar-refractivity contribution in [3.63, 3.8) is 0 Å². The first-order valence-corrected chi connectivity index (χ1v) is 7.95. The van der Waals surface area contributed by atoms with E-state index in [1.54, 1.807) is 24.3 Å². The Morgan fingerprint density at radius 1 is 1.36 bits per heavy atom. The number of carbonyl (C=O) groups excluding carboxylic acids is 3. The van der Waals surface area contributed by atoms with Gasteiger partial charge in [-0.25, -0.2) is 0 Å². The number of nitrogens with two attached hydrogens (primary N) is 3. The van der Waals surface area contributed by atoms with Crippen LogP contribution >= 0.6 is 0 Å². The van der Waals surface area contributed by atoms with Crippen LogP contribution in [0.1, 0.15) is 31.2 Å². The monoisotopic (exact) mass is 346 g/mol. The second-order valence-electron chi connectivity index (χ2n) is 6.22. The van der Waals surface area contributed by atoms with Gasteiger partial charge >= 0.3 is 5.97 Å². The maximum absolute atomic E-state index is 12.0. The quantitative estimate of drug-likeness (QED) is 0.141. The summed E-state index contributed by atoms with van der Waals surface area (Å²) in [5.74, 6) is 4.41. The van der Waals surface area contributed by atoms with Crippen LogP contribution in [0.4, 0.5) is 0 Å². The number of hydrogen-bond donors (Lipinski definition) is 3. The minimum absolute atomic E-state index is 0.0156. The molecule has 0 radical (unpaired) electrons. The lowest BCUT2D eigenvalue weighted by Gasteiger charge is -2.13. The Morgan fingerprint density at radius 2 is 2.04 bits per heavy atom. The zero-order valence-electron chi connectivity index (χ0n) is 13.8. The fourth-order valence-corrected chi connectivity index (χ4v) is 2.68. The molecule has 3 atom stereocenters. The summed E-state index contributed by atoms with van der Waals surface area (Å²) in [6, 6.07) is 5.88. The van der Waals surface area contributed by atoms with Gasteiger partial charge < -0.3 is 26.8 Å². The van der Waals surface area contributed by atoms with Gasteiger partial charge in [0.1, 0.15) is 12.0 Å². The molecule has 1 saturated carbocycles. The third kappa shape index (κ3) is 4.94. The number of nitrogens with zero attached hydrogens (tertiary/aromatic N) is 1. The van der Waals surface area contributed by atoms with Gasteiger partial charge in [0.15, 0.2) is 5.78 Å². The topological polar surface area (TPSA) is 151 Å². The van der Waals surface area contributed by atoms with Crippen LogP contribution in [0.3, 0.4) is 0 Å². The second kappa shape index (κ2) is 8.00. The van der Waals surface area contributed by atoms with Gasteiger partial charge in [-0.3, -0.25) is 9.59 Å². The Kier molecular flexibility index (Phi) is 6.00. The van der Waals surface area contributed by atoms with Gasteiger partial charge in [0.25, 0.3) is 0 Å². The average Bonchev–Trinajstić information content (AvgIpc) is 3.27. The van der Waals surface area contributed by atoms with E-state index in [1.165, 1.54) is 6.21 Å². The van der Waals surface area contributed by atoms with Crippen LogP contribution in [0.15, 0.2) is 29.4 Å². The maximum Gasteiger partial charge on any atom is 0.311 e. The highest BCUT2D eigenvalue weighted by Gasteiger charge is 2.55. The van der Waals surface area contributed by atoms with E-state index in [0.29, 0.717) is 24.9 Å². The lowest BCUT2D eigenvalue weighted by molar-refractivity contribution is -0.134. The van der Waals surface area contributed by atoms with Crippen molar-refractivity contribution in [2.45, 2.75) is 37.3 Å². The predicted octanol–water partition coefficient (Wildman–Crippen LogP) is -0.132. The first-order valence-electron chi connectivity index (χ1n) is 7.95. The fourth-order valence-electron chi connectivity index (χ4n) is 2.68. The van der Waals surface area contributed by atoms with Crippen LogP contribution in [-0.2, 0) is 14.4 Å². The van der Waals surface area contributed by atoms with Crippen LogP contribution in [0.5, 0.6) is 5.75 Å². The molecule has 0 heterocycles. The summed E-state index contributed by atoms with van der Waals surface area (Å²) in [7, 11) is 0. The molecular weight excluding hydrogens is 324 g/mol. The van der Waals surface area contributed by atoms with Crippen molar-refractivity contribution in [3.8, 4) is 5.75 Å². The van der Waals surface area contributed by atoms with E-state index in [1.807, 2.05) is 0 Å². The fraction of sp³-hybridized carbons (Fsp3) is 0.412. The van der Waals surface area contributed by atoms with E-state index in [0.717, 1.165) is 5.56 Å². The summed E-state index contributed by atoms with van der Waals surface area (Å²) in [4.78, 5) is 34.4. The van der Waals surface area contributed by atoms with E-state index in [2.05, 4.69) is 5.10 Å². The zero-order valence-corrected chi connectivity index (χ0v) is 13.8. The van der Waals surface area contributed by atoms with Gasteiger partial charge in [-0.1, -0.05) is 0 Å². The Balaban J connectivity index is 1.80. The van der Waals surface area contributed by atoms with Crippen molar-refractivity contribution in [3.05, 3.63) is 29.8 Å². The van der Waals surface area contributed by atoms with Gasteiger partial charge in [0, 0.05) is 24.3 Å². The smallest absolute Gasteiger partial charge is 0.311 e. The summed E-state index contributed by atoms with van der Waals surface area (Å²) in [5, 5.41) is 3.40. The minimum atomic E-state index is -0.824. The van der Waals surface area contributed by atoms with Crippen molar-refractivity contribution in [2.75, 3.05) is 0 Å². The van der Waals surface area contributed by atoms with Crippen molar-refractivity contribution in [2.24, 2.45) is 28.3 Å². The molecule has 0 amide bonds. The first-order chi connectivity index (χ1) is 11.9. The molecule has 1 aromatic carbocycles. The lowest BCUT2D eigenvalue weighted by Crippen LogP contribution is -2.37. The summed E-state index contributed by atoms with van der Waals surface area (Å²) in [6.07, 6.45) is 2.97. The van der Waals surface area contributed by atoms with E-state index in [-0.39, 0.29) is 18.6 Å². The number of Topliss-reactive ketones (excluding diaryl/α,β-unsaturated/α-hetero) is 1. The predicted molar refractivity (Wildman–Crippen MR) is 91.8 cm³/mol. The molecule has 134 valence electrons.